The highest BCUT2D eigenvalue weighted by molar-refractivity contribution is 5.90. The summed E-state index contributed by atoms with van der Waals surface area (Å²) < 4.78 is 50.4. The Morgan fingerprint density at radius 2 is 1.20 bits per heavy atom. The van der Waals surface area contributed by atoms with E-state index in [2.05, 4.69) is 0 Å². The summed E-state index contributed by atoms with van der Waals surface area (Å²) in [6.07, 6.45) is -10.7. The maximum Gasteiger partial charge on any atom is 0.338 e. The van der Waals surface area contributed by atoms with Crippen molar-refractivity contribution < 1.29 is 77.5 Å². The molecule has 7 rings (SSSR count). The van der Waals surface area contributed by atoms with Gasteiger partial charge in [-0.2, -0.15) is 0 Å². The number of ether oxygens (including phenoxy) is 8. The van der Waals surface area contributed by atoms with Crippen LogP contribution in [0, 0.1) is 11.8 Å². The Morgan fingerprint density at radius 1 is 0.641 bits per heavy atom. The van der Waals surface area contributed by atoms with Crippen molar-refractivity contribution in [1.82, 2.24) is 0 Å². The van der Waals surface area contributed by atoms with Crippen LogP contribution in [0.3, 0.4) is 0 Å². The fraction of sp³-hybridized carbons (Fsp3) is 0.500. The van der Waals surface area contributed by atoms with Crippen molar-refractivity contribution in [3.05, 3.63) is 120 Å². The topological polar surface area (TPSA) is 223 Å². The van der Waals surface area contributed by atoms with E-state index in [-0.39, 0.29) is 23.1 Å². The number of benzene rings is 3. The molecule has 344 valence electrons. The van der Waals surface area contributed by atoms with Gasteiger partial charge in [-0.05, 0) is 68.5 Å². The fourth-order valence-corrected chi connectivity index (χ4v) is 8.68. The van der Waals surface area contributed by atoms with Gasteiger partial charge >= 0.3 is 23.9 Å². The van der Waals surface area contributed by atoms with Gasteiger partial charge < -0.3 is 58.3 Å². The summed E-state index contributed by atoms with van der Waals surface area (Å²) in [6.45, 7) is 2.80. The third-order valence-corrected chi connectivity index (χ3v) is 12.2. The number of carbonyl (C=O) groups excluding carboxylic acids is 3. The normalized spacial score (nSPS) is 32.5. The zero-order valence-corrected chi connectivity index (χ0v) is 35.6. The molecule has 2 aliphatic heterocycles. The van der Waals surface area contributed by atoms with Crippen LogP contribution in [-0.4, -0.2) is 131 Å². The number of hydrogen-bond acceptors (Lipinski definition) is 15. The summed E-state index contributed by atoms with van der Waals surface area (Å²) in [4.78, 5) is 54.8. The number of hydrogen-bond donors (Lipinski definition) is 4. The van der Waals surface area contributed by atoms with Crippen molar-refractivity contribution in [2.45, 2.75) is 132 Å². The number of aliphatic carboxylic acids is 1. The third-order valence-electron chi connectivity index (χ3n) is 12.2. The van der Waals surface area contributed by atoms with E-state index in [0.29, 0.717) is 12.8 Å². The molecule has 13 unspecified atom stereocenters. The minimum Gasteiger partial charge on any atom is -0.479 e. The lowest BCUT2D eigenvalue weighted by Gasteiger charge is -2.48. The van der Waals surface area contributed by atoms with E-state index in [4.69, 9.17) is 37.9 Å². The number of carboxylic acid groups (broad SMARTS) is 1. The van der Waals surface area contributed by atoms with E-state index >= 15 is 0 Å². The maximum absolute atomic E-state index is 14.1. The molecular weight excluding hydrogens is 833 g/mol. The highest BCUT2D eigenvalue weighted by Crippen LogP contribution is 2.38. The zero-order chi connectivity index (χ0) is 45.3. The highest BCUT2D eigenvalue weighted by atomic mass is 16.8. The van der Waals surface area contributed by atoms with Crippen molar-refractivity contribution in [3.63, 3.8) is 0 Å². The summed E-state index contributed by atoms with van der Waals surface area (Å²) in [5.41, 5.74) is 0.492. The Balaban J connectivity index is 1.30. The van der Waals surface area contributed by atoms with E-state index in [1.165, 1.54) is 31.2 Å². The van der Waals surface area contributed by atoms with Crippen LogP contribution in [-0.2, 0) is 42.7 Å². The molecule has 0 aromatic heterocycles. The van der Waals surface area contributed by atoms with Crippen LogP contribution in [0.1, 0.15) is 83.4 Å². The van der Waals surface area contributed by atoms with Gasteiger partial charge in [0.05, 0.1) is 35.0 Å². The molecule has 4 aliphatic rings. The molecule has 2 aliphatic carbocycles. The SMILES string of the molecule is CC1C=CCC(OC2OC(COC(=O)c3ccccc3)C(OC(=O)c3ccccc3)C(O[C@H](C(=O)O)C3CCCCC3)C2OC(=O)c2ccccc2)C1OC1OC(C)C(O)C(O)C1O. The van der Waals surface area contributed by atoms with E-state index in [1.54, 1.807) is 66.7 Å². The second-order valence-corrected chi connectivity index (χ2v) is 16.7. The van der Waals surface area contributed by atoms with Crippen molar-refractivity contribution in [2.24, 2.45) is 11.8 Å². The molecule has 16 nitrogen and oxygen atoms in total. The highest BCUT2D eigenvalue weighted by Gasteiger charge is 2.55. The number of carboxylic acids is 1. The van der Waals surface area contributed by atoms with Gasteiger partial charge in [-0.1, -0.05) is 92.9 Å². The smallest absolute Gasteiger partial charge is 0.338 e. The molecule has 2 heterocycles. The zero-order valence-electron chi connectivity index (χ0n) is 35.6. The minimum absolute atomic E-state index is 0.132. The second kappa shape index (κ2) is 21.8. The molecule has 2 saturated heterocycles. The van der Waals surface area contributed by atoms with Gasteiger partial charge in [0.2, 0.25) is 0 Å². The molecule has 3 aromatic rings. The molecule has 64 heavy (non-hydrogen) atoms. The Kier molecular flexibility index (Phi) is 16.0. The molecule has 4 N–H and O–H groups in total. The third kappa shape index (κ3) is 11.2. The lowest BCUT2D eigenvalue weighted by atomic mass is 9.85. The average Bonchev–Trinajstić information content (AvgIpc) is 3.31. The number of aliphatic hydroxyl groups is 3. The Morgan fingerprint density at radius 3 is 1.78 bits per heavy atom. The predicted molar refractivity (Wildman–Crippen MR) is 225 cm³/mol. The molecule has 16 heteroatoms. The van der Waals surface area contributed by atoms with Crippen LogP contribution in [0.2, 0.25) is 0 Å². The van der Waals surface area contributed by atoms with Gasteiger partial charge in [0, 0.05) is 5.92 Å². The molecule has 0 amide bonds. The summed E-state index contributed by atoms with van der Waals surface area (Å²) in [5, 5.41) is 42.7. The van der Waals surface area contributed by atoms with Crippen LogP contribution < -0.4 is 0 Å². The number of rotatable bonds is 15. The number of esters is 3. The van der Waals surface area contributed by atoms with Crippen molar-refractivity contribution >= 4 is 23.9 Å². The van der Waals surface area contributed by atoms with Crippen molar-refractivity contribution in [2.75, 3.05) is 6.61 Å². The van der Waals surface area contributed by atoms with E-state index in [0.717, 1.165) is 19.3 Å². The van der Waals surface area contributed by atoms with E-state index in [1.807, 2.05) is 19.1 Å². The van der Waals surface area contributed by atoms with Crippen LogP contribution in [0.5, 0.6) is 0 Å². The first-order valence-electron chi connectivity index (χ1n) is 21.8. The fourth-order valence-electron chi connectivity index (χ4n) is 8.68. The molecular formula is C48H56O16. The Labute approximate surface area is 371 Å². The Hall–Kier alpha value is -5.04. The van der Waals surface area contributed by atoms with Gasteiger partial charge in [0.25, 0.3) is 0 Å². The second-order valence-electron chi connectivity index (χ2n) is 16.7. The molecule has 0 spiro atoms. The summed E-state index contributed by atoms with van der Waals surface area (Å²) >= 11 is 0. The molecule has 14 atom stereocenters. The molecule has 3 aromatic carbocycles. The standard InChI is InChI=1S/C48H56O16/c1-27-16-15-25-33(38(27)64-47-37(51)36(50)35(49)28(2)58-47)59-48-42(63-46(56)32-23-13-6-14-24-32)41(61-39(43(52)53)29-17-7-3-8-18-29)40(62-45(55)31-21-11-5-12-22-31)34(60-48)26-57-44(54)30-19-9-4-10-20-30/h4-6,9-16,19-24,27-29,33-42,47-51H,3,7-8,17-18,25-26H2,1-2H3,(H,52,53)/t27?,28?,33?,34?,35?,36?,37?,38?,39-,40?,41?,42?,47?,48?/m0/s1. The first-order chi connectivity index (χ1) is 30.9. The minimum atomic E-state index is -1.64. The maximum atomic E-state index is 14.1. The van der Waals surface area contributed by atoms with Crippen molar-refractivity contribution in [3.8, 4) is 0 Å². The van der Waals surface area contributed by atoms with Gasteiger partial charge in [0.15, 0.2) is 30.9 Å². The summed E-state index contributed by atoms with van der Waals surface area (Å²) in [7, 11) is 0. The quantitative estimate of drug-likeness (QED) is 0.0928. The van der Waals surface area contributed by atoms with Gasteiger partial charge in [0.1, 0.15) is 37.1 Å². The first kappa shape index (κ1) is 46.9. The molecule has 1 saturated carbocycles. The average molecular weight is 889 g/mol. The van der Waals surface area contributed by atoms with Crippen LogP contribution in [0.25, 0.3) is 0 Å². The van der Waals surface area contributed by atoms with Crippen LogP contribution in [0.15, 0.2) is 103 Å². The number of aliphatic hydroxyl groups excluding tert-OH is 3. The van der Waals surface area contributed by atoms with Gasteiger partial charge in [-0.3, -0.25) is 0 Å². The summed E-state index contributed by atoms with van der Waals surface area (Å²) in [6, 6.07) is 24.2. The first-order valence-corrected chi connectivity index (χ1v) is 21.8. The lowest BCUT2D eigenvalue weighted by Crippen LogP contribution is -2.65. The monoisotopic (exact) mass is 888 g/mol. The Bertz CT molecular complexity index is 2030. The van der Waals surface area contributed by atoms with E-state index in [9.17, 15) is 39.6 Å². The van der Waals surface area contributed by atoms with Crippen LogP contribution in [0.4, 0.5) is 0 Å². The van der Waals surface area contributed by atoms with Crippen molar-refractivity contribution in [1.29, 1.82) is 0 Å². The number of carbonyl (C=O) groups is 4. The predicted octanol–water partition coefficient (Wildman–Crippen LogP) is 4.63. The van der Waals surface area contributed by atoms with Gasteiger partial charge in [-0.15, -0.1) is 0 Å². The lowest BCUT2D eigenvalue weighted by molar-refractivity contribution is -0.344. The molecule has 0 bridgehead atoms. The van der Waals surface area contributed by atoms with Gasteiger partial charge in [-0.25, -0.2) is 19.2 Å². The van der Waals surface area contributed by atoms with E-state index < -0.39 is 122 Å². The molecule has 3 fully saturated rings. The van der Waals surface area contributed by atoms with Crippen LogP contribution >= 0.6 is 0 Å². The molecule has 0 radical (unpaired) electrons. The summed E-state index contributed by atoms with van der Waals surface area (Å²) in [5.74, 6) is -4.57. The largest absolute Gasteiger partial charge is 0.479 e.